The highest BCUT2D eigenvalue weighted by Crippen LogP contribution is 2.40. The fourth-order valence-electron chi connectivity index (χ4n) is 1.87. The first-order chi connectivity index (χ1) is 9.49. The molecule has 0 saturated heterocycles. The van der Waals surface area contributed by atoms with Crippen LogP contribution in [0.1, 0.15) is 11.6 Å². The molecule has 1 N–H and O–H groups in total. The van der Waals surface area contributed by atoms with E-state index in [-0.39, 0.29) is 0 Å². The maximum absolute atomic E-state index is 11.3. The molecule has 0 bridgehead atoms. The van der Waals surface area contributed by atoms with Crippen molar-refractivity contribution in [2.45, 2.75) is 6.04 Å². The average Bonchev–Trinajstić information content (AvgIpc) is 2.45. The number of ether oxygens (including phenoxy) is 3. The fourth-order valence-corrected chi connectivity index (χ4v) is 1.87. The monoisotopic (exact) mass is 283 g/mol. The summed E-state index contributed by atoms with van der Waals surface area (Å²) < 4.78 is 15.5. The van der Waals surface area contributed by atoms with Crippen molar-refractivity contribution in [2.24, 2.45) is 0 Å². The largest absolute Gasteiger partial charge is 0.493 e. The van der Waals surface area contributed by atoms with Gasteiger partial charge in [0.1, 0.15) is 0 Å². The zero-order valence-electron chi connectivity index (χ0n) is 11.7. The molecule has 7 nitrogen and oxygen atoms in total. The van der Waals surface area contributed by atoms with Crippen molar-refractivity contribution in [1.82, 2.24) is 4.90 Å². The normalized spacial score (nSPS) is 11.4. The van der Waals surface area contributed by atoms with Crippen molar-refractivity contribution in [3.8, 4) is 17.2 Å². The van der Waals surface area contributed by atoms with E-state index in [4.69, 9.17) is 14.2 Å². The molecule has 7 heteroatoms. The van der Waals surface area contributed by atoms with Gasteiger partial charge in [-0.1, -0.05) is 0 Å². The number of carbonyl (C=O) groups excluding carboxylic acids is 1. The van der Waals surface area contributed by atoms with Gasteiger partial charge in [-0.2, -0.15) is 0 Å². The molecule has 1 aromatic carbocycles. The molecule has 0 spiro atoms. The minimum absolute atomic E-state index is 0.326. The summed E-state index contributed by atoms with van der Waals surface area (Å²) in [6.07, 6.45) is 0.446. The molecule has 1 aromatic rings. The summed E-state index contributed by atoms with van der Waals surface area (Å²) in [5, 5.41) is 9.27. The van der Waals surface area contributed by atoms with Crippen molar-refractivity contribution in [3.63, 3.8) is 0 Å². The number of carboxylic acids is 1. The minimum Gasteiger partial charge on any atom is -0.493 e. The first-order valence-corrected chi connectivity index (χ1v) is 5.70. The van der Waals surface area contributed by atoms with Crippen LogP contribution in [0.25, 0.3) is 0 Å². The van der Waals surface area contributed by atoms with Crippen LogP contribution in [0.4, 0.5) is 0 Å². The summed E-state index contributed by atoms with van der Waals surface area (Å²) in [6.45, 7) is 0. The van der Waals surface area contributed by atoms with Gasteiger partial charge in [-0.3, -0.25) is 4.79 Å². The third-order valence-corrected chi connectivity index (χ3v) is 2.81. The van der Waals surface area contributed by atoms with E-state index in [0.717, 1.165) is 4.90 Å². The number of carboxylic acid groups (broad SMARTS) is 1. The van der Waals surface area contributed by atoms with E-state index in [0.29, 0.717) is 29.2 Å². The smallest absolute Gasteiger partial charge is 0.331 e. The number of hydrogen-bond donors (Lipinski definition) is 1. The maximum Gasteiger partial charge on any atom is 0.331 e. The van der Waals surface area contributed by atoms with E-state index < -0.39 is 12.0 Å². The van der Waals surface area contributed by atoms with Gasteiger partial charge >= 0.3 is 5.97 Å². The highest BCUT2D eigenvalue weighted by molar-refractivity contribution is 5.79. The number of benzene rings is 1. The van der Waals surface area contributed by atoms with Gasteiger partial charge in [0.2, 0.25) is 12.2 Å². The second-order valence-electron chi connectivity index (χ2n) is 3.97. The van der Waals surface area contributed by atoms with E-state index in [1.165, 1.54) is 40.5 Å². The van der Waals surface area contributed by atoms with Crippen molar-refractivity contribution >= 4 is 12.4 Å². The fraction of sp³-hybridized carbons (Fsp3) is 0.385. The molecule has 0 radical (unpaired) electrons. The number of carbonyl (C=O) groups is 2. The third kappa shape index (κ3) is 2.93. The zero-order chi connectivity index (χ0) is 15.3. The van der Waals surface area contributed by atoms with E-state index in [9.17, 15) is 14.7 Å². The van der Waals surface area contributed by atoms with E-state index in [2.05, 4.69) is 0 Å². The van der Waals surface area contributed by atoms with Crippen LogP contribution in [0.5, 0.6) is 17.2 Å². The summed E-state index contributed by atoms with van der Waals surface area (Å²) in [5.74, 6) is -0.148. The Morgan fingerprint density at radius 1 is 1.20 bits per heavy atom. The predicted molar refractivity (Wildman–Crippen MR) is 70.3 cm³/mol. The molecule has 0 aromatic heterocycles. The van der Waals surface area contributed by atoms with E-state index >= 15 is 0 Å². The molecule has 1 rings (SSSR count). The molecular weight excluding hydrogens is 266 g/mol. The van der Waals surface area contributed by atoms with Crippen LogP contribution in [0.15, 0.2) is 12.1 Å². The summed E-state index contributed by atoms with van der Waals surface area (Å²) >= 11 is 0. The third-order valence-electron chi connectivity index (χ3n) is 2.81. The van der Waals surface area contributed by atoms with Gasteiger partial charge in [0.15, 0.2) is 17.5 Å². The van der Waals surface area contributed by atoms with Gasteiger partial charge < -0.3 is 24.2 Å². The molecule has 0 aliphatic heterocycles. The van der Waals surface area contributed by atoms with Crippen LogP contribution >= 0.6 is 0 Å². The van der Waals surface area contributed by atoms with Crippen molar-refractivity contribution in [2.75, 3.05) is 28.4 Å². The van der Waals surface area contributed by atoms with Crippen LogP contribution in [0, 0.1) is 0 Å². The lowest BCUT2D eigenvalue weighted by atomic mass is 10.0. The second-order valence-corrected chi connectivity index (χ2v) is 3.97. The van der Waals surface area contributed by atoms with Crippen LogP contribution in [0.3, 0.4) is 0 Å². The predicted octanol–water partition coefficient (Wildman–Crippen LogP) is 0.926. The van der Waals surface area contributed by atoms with Gasteiger partial charge in [0.05, 0.1) is 21.3 Å². The first kappa shape index (κ1) is 15.6. The summed E-state index contributed by atoms with van der Waals surface area (Å²) in [5.41, 5.74) is 0.349. The van der Waals surface area contributed by atoms with Gasteiger partial charge in [-0.05, 0) is 17.7 Å². The molecule has 0 fully saturated rings. The number of aliphatic carboxylic acids is 1. The van der Waals surface area contributed by atoms with Crippen LogP contribution in [-0.2, 0) is 9.59 Å². The number of rotatable bonds is 7. The van der Waals surface area contributed by atoms with Crippen molar-refractivity contribution in [3.05, 3.63) is 17.7 Å². The van der Waals surface area contributed by atoms with Gasteiger partial charge in [-0.25, -0.2) is 4.79 Å². The Hall–Kier alpha value is -2.44. The maximum atomic E-state index is 11.3. The molecule has 0 aliphatic carbocycles. The second kappa shape index (κ2) is 6.65. The van der Waals surface area contributed by atoms with Crippen LogP contribution < -0.4 is 14.2 Å². The number of methoxy groups -OCH3 is 3. The Morgan fingerprint density at radius 2 is 1.70 bits per heavy atom. The zero-order valence-corrected chi connectivity index (χ0v) is 11.7. The van der Waals surface area contributed by atoms with Gasteiger partial charge in [-0.15, -0.1) is 0 Å². The highest BCUT2D eigenvalue weighted by Gasteiger charge is 2.27. The molecule has 110 valence electrons. The molecule has 20 heavy (non-hydrogen) atoms. The SMILES string of the molecule is COc1cc(C(C(=O)O)N(C)C=O)cc(OC)c1OC. The quantitative estimate of drug-likeness (QED) is 0.749. The summed E-state index contributed by atoms with van der Waals surface area (Å²) in [4.78, 5) is 23.2. The van der Waals surface area contributed by atoms with E-state index in [1.54, 1.807) is 0 Å². The number of nitrogens with zero attached hydrogens (tertiary/aromatic N) is 1. The van der Waals surface area contributed by atoms with Gasteiger partial charge in [0, 0.05) is 7.05 Å². The lowest BCUT2D eigenvalue weighted by Crippen LogP contribution is -2.29. The molecule has 1 unspecified atom stereocenters. The lowest BCUT2D eigenvalue weighted by molar-refractivity contribution is -0.145. The van der Waals surface area contributed by atoms with Crippen LogP contribution in [-0.4, -0.2) is 50.8 Å². The van der Waals surface area contributed by atoms with E-state index in [1.807, 2.05) is 0 Å². The summed E-state index contributed by atoms with van der Waals surface area (Å²) in [6, 6.07) is 1.86. The van der Waals surface area contributed by atoms with Crippen molar-refractivity contribution < 1.29 is 28.9 Å². The Labute approximate surface area is 116 Å². The lowest BCUT2D eigenvalue weighted by Gasteiger charge is -2.22. The Balaban J connectivity index is 3.43. The molecule has 0 saturated carbocycles. The van der Waals surface area contributed by atoms with Crippen molar-refractivity contribution in [1.29, 1.82) is 0 Å². The molecule has 0 heterocycles. The Bertz CT molecular complexity index is 477. The Kier molecular flexibility index (Phi) is 5.19. The van der Waals surface area contributed by atoms with Crippen LogP contribution in [0.2, 0.25) is 0 Å². The minimum atomic E-state index is -1.16. The summed E-state index contributed by atoms with van der Waals surface area (Å²) in [7, 11) is 5.70. The Morgan fingerprint density at radius 3 is 2.00 bits per heavy atom. The first-order valence-electron chi connectivity index (χ1n) is 5.70. The highest BCUT2D eigenvalue weighted by atomic mass is 16.5. The standard InChI is InChI=1S/C13H17NO6/c1-14(7-15)11(13(16)17)8-5-9(18-2)12(20-4)10(6-8)19-3/h5-7,11H,1-4H3,(H,16,17). The van der Waals surface area contributed by atoms with Gasteiger partial charge in [0.25, 0.3) is 0 Å². The molecule has 0 aliphatic rings. The number of likely N-dealkylation sites (N-methyl/N-ethyl adjacent to an activating group) is 1. The average molecular weight is 283 g/mol. The molecule has 1 amide bonds. The number of amides is 1. The molecule has 1 atom stereocenters. The topological polar surface area (TPSA) is 85.3 Å². The molecular formula is C13H17NO6. The number of hydrogen-bond acceptors (Lipinski definition) is 5.